The molecule has 0 amide bonds. The molecule has 0 aromatic rings. The minimum absolute atomic E-state index is 0.155. The Labute approximate surface area is 80.7 Å². The molecular formula is C10H21NO2. The molecule has 13 heavy (non-hydrogen) atoms. The number of nitrogens with zero attached hydrogens (tertiary/aromatic N) is 1. The summed E-state index contributed by atoms with van der Waals surface area (Å²) in [6.07, 6.45) is 1.10. The molecule has 0 aliphatic carbocycles. The molecule has 0 saturated heterocycles. The molecular weight excluding hydrogens is 166 g/mol. The van der Waals surface area contributed by atoms with Gasteiger partial charge in [0.05, 0.1) is 6.54 Å². The van der Waals surface area contributed by atoms with Crippen molar-refractivity contribution in [3.8, 4) is 0 Å². The standard InChI is InChI=1S/C10H21NO2/c1-5-9(4)6-11(8(2)3)7-10(12)13/h8-9H,5-7H2,1-4H3,(H,12,13). The first kappa shape index (κ1) is 12.4. The van der Waals surface area contributed by atoms with E-state index in [0.29, 0.717) is 12.0 Å². The van der Waals surface area contributed by atoms with Crippen LogP contribution in [0.2, 0.25) is 0 Å². The fourth-order valence-corrected chi connectivity index (χ4v) is 1.16. The molecule has 0 aliphatic rings. The minimum atomic E-state index is -0.739. The predicted molar refractivity (Wildman–Crippen MR) is 53.8 cm³/mol. The molecule has 0 rings (SSSR count). The van der Waals surface area contributed by atoms with Gasteiger partial charge >= 0.3 is 5.97 Å². The number of carbonyl (C=O) groups is 1. The molecule has 1 unspecified atom stereocenters. The van der Waals surface area contributed by atoms with E-state index in [1.807, 2.05) is 18.7 Å². The van der Waals surface area contributed by atoms with Crippen molar-refractivity contribution in [1.82, 2.24) is 4.90 Å². The molecule has 0 heterocycles. The van der Waals surface area contributed by atoms with Gasteiger partial charge in [0.1, 0.15) is 0 Å². The largest absolute Gasteiger partial charge is 0.480 e. The smallest absolute Gasteiger partial charge is 0.317 e. The highest BCUT2D eigenvalue weighted by Crippen LogP contribution is 2.07. The minimum Gasteiger partial charge on any atom is -0.480 e. The fraction of sp³-hybridized carbons (Fsp3) is 0.900. The van der Waals surface area contributed by atoms with Gasteiger partial charge in [-0.05, 0) is 19.8 Å². The van der Waals surface area contributed by atoms with Crippen LogP contribution in [0.3, 0.4) is 0 Å². The van der Waals surface area contributed by atoms with Crippen LogP contribution in [-0.2, 0) is 4.79 Å². The highest BCUT2D eigenvalue weighted by atomic mass is 16.4. The second-order valence-electron chi connectivity index (χ2n) is 3.93. The molecule has 0 saturated carbocycles. The monoisotopic (exact) mass is 187 g/mol. The SMILES string of the molecule is CCC(C)CN(CC(=O)O)C(C)C. The highest BCUT2D eigenvalue weighted by Gasteiger charge is 2.15. The number of carboxylic acid groups (broad SMARTS) is 1. The van der Waals surface area contributed by atoms with E-state index >= 15 is 0 Å². The van der Waals surface area contributed by atoms with Crippen LogP contribution in [-0.4, -0.2) is 35.1 Å². The zero-order valence-electron chi connectivity index (χ0n) is 9.08. The molecule has 0 aliphatic heterocycles. The molecule has 0 spiro atoms. The Morgan fingerprint density at radius 2 is 1.92 bits per heavy atom. The number of aliphatic carboxylic acids is 1. The van der Waals surface area contributed by atoms with Gasteiger partial charge in [0.2, 0.25) is 0 Å². The Bertz CT molecular complexity index is 157. The van der Waals surface area contributed by atoms with Crippen molar-refractivity contribution in [3.63, 3.8) is 0 Å². The van der Waals surface area contributed by atoms with Gasteiger partial charge in [0, 0.05) is 12.6 Å². The van der Waals surface area contributed by atoms with Crippen LogP contribution in [0.25, 0.3) is 0 Å². The average Bonchev–Trinajstić information content (AvgIpc) is 2.02. The van der Waals surface area contributed by atoms with Gasteiger partial charge in [-0.2, -0.15) is 0 Å². The summed E-state index contributed by atoms with van der Waals surface area (Å²) in [5.74, 6) is -0.168. The zero-order chi connectivity index (χ0) is 10.4. The summed E-state index contributed by atoms with van der Waals surface area (Å²) >= 11 is 0. The summed E-state index contributed by atoms with van der Waals surface area (Å²) in [6, 6.07) is 0.310. The Kier molecular flexibility index (Phi) is 5.71. The van der Waals surface area contributed by atoms with E-state index in [1.54, 1.807) is 0 Å². The third-order valence-electron chi connectivity index (χ3n) is 2.31. The van der Waals surface area contributed by atoms with Gasteiger partial charge in [-0.1, -0.05) is 20.3 Å². The zero-order valence-corrected chi connectivity index (χ0v) is 9.08. The summed E-state index contributed by atoms with van der Waals surface area (Å²) in [4.78, 5) is 12.5. The summed E-state index contributed by atoms with van der Waals surface area (Å²) in [5.41, 5.74) is 0. The molecule has 78 valence electrons. The first-order valence-corrected chi connectivity index (χ1v) is 4.93. The van der Waals surface area contributed by atoms with E-state index in [-0.39, 0.29) is 6.54 Å². The molecule has 0 bridgehead atoms. The Hall–Kier alpha value is -0.570. The van der Waals surface area contributed by atoms with Crippen LogP contribution < -0.4 is 0 Å². The topological polar surface area (TPSA) is 40.5 Å². The van der Waals surface area contributed by atoms with Gasteiger partial charge in [-0.3, -0.25) is 9.69 Å². The van der Waals surface area contributed by atoms with E-state index in [9.17, 15) is 4.79 Å². The number of hydrogen-bond acceptors (Lipinski definition) is 2. The maximum Gasteiger partial charge on any atom is 0.317 e. The lowest BCUT2D eigenvalue weighted by molar-refractivity contribution is -0.138. The van der Waals surface area contributed by atoms with Crippen molar-refractivity contribution in [2.75, 3.05) is 13.1 Å². The summed E-state index contributed by atoms with van der Waals surface area (Å²) in [6.45, 7) is 9.38. The van der Waals surface area contributed by atoms with Crippen molar-refractivity contribution < 1.29 is 9.90 Å². The van der Waals surface area contributed by atoms with E-state index < -0.39 is 5.97 Å². The van der Waals surface area contributed by atoms with Crippen molar-refractivity contribution >= 4 is 5.97 Å². The lowest BCUT2D eigenvalue weighted by Crippen LogP contribution is -2.38. The summed E-state index contributed by atoms with van der Waals surface area (Å²) < 4.78 is 0. The van der Waals surface area contributed by atoms with E-state index in [1.165, 1.54) is 0 Å². The average molecular weight is 187 g/mol. The van der Waals surface area contributed by atoms with Gasteiger partial charge < -0.3 is 5.11 Å². The molecule has 0 radical (unpaired) electrons. The van der Waals surface area contributed by atoms with E-state index in [0.717, 1.165) is 13.0 Å². The quantitative estimate of drug-likeness (QED) is 0.689. The fourth-order valence-electron chi connectivity index (χ4n) is 1.16. The van der Waals surface area contributed by atoms with Gasteiger partial charge in [0.15, 0.2) is 0 Å². The van der Waals surface area contributed by atoms with Crippen LogP contribution in [0.5, 0.6) is 0 Å². The Morgan fingerprint density at radius 3 is 2.23 bits per heavy atom. The lowest BCUT2D eigenvalue weighted by atomic mass is 10.1. The lowest BCUT2D eigenvalue weighted by Gasteiger charge is -2.27. The molecule has 1 atom stereocenters. The number of carboxylic acids is 1. The van der Waals surface area contributed by atoms with Crippen LogP contribution in [0.1, 0.15) is 34.1 Å². The second kappa shape index (κ2) is 5.97. The summed E-state index contributed by atoms with van der Waals surface area (Å²) in [7, 11) is 0. The van der Waals surface area contributed by atoms with Crippen LogP contribution in [0.4, 0.5) is 0 Å². The highest BCUT2D eigenvalue weighted by molar-refractivity contribution is 5.69. The van der Waals surface area contributed by atoms with Crippen molar-refractivity contribution in [2.24, 2.45) is 5.92 Å². The molecule has 1 N–H and O–H groups in total. The van der Waals surface area contributed by atoms with Gasteiger partial charge in [0.25, 0.3) is 0 Å². The maximum absolute atomic E-state index is 10.5. The normalized spacial score (nSPS) is 13.7. The van der Waals surface area contributed by atoms with Crippen LogP contribution in [0, 0.1) is 5.92 Å². The number of hydrogen-bond donors (Lipinski definition) is 1. The summed E-state index contributed by atoms with van der Waals surface area (Å²) in [5, 5.41) is 8.68. The predicted octanol–water partition coefficient (Wildman–Crippen LogP) is 1.83. The molecule has 0 fully saturated rings. The van der Waals surface area contributed by atoms with Crippen LogP contribution in [0.15, 0.2) is 0 Å². The Balaban J connectivity index is 4.02. The number of rotatable bonds is 6. The van der Waals surface area contributed by atoms with Crippen molar-refractivity contribution in [3.05, 3.63) is 0 Å². The molecule has 3 heteroatoms. The second-order valence-corrected chi connectivity index (χ2v) is 3.93. The third kappa shape index (κ3) is 5.64. The van der Waals surface area contributed by atoms with Gasteiger partial charge in [-0.25, -0.2) is 0 Å². The first-order chi connectivity index (χ1) is 5.97. The van der Waals surface area contributed by atoms with E-state index in [4.69, 9.17) is 5.11 Å². The molecule has 0 aromatic heterocycles. The molecule has 3 nitrogen and oxygen atoms in total. The van der Waals surface area contributed by atoms with Crippen LogP contribution >= 0.6 is 0 Å². The molecule has 0 aromatic carbocycles. The maximum atomic E-state index is 10.5. The van der Waals surface area contributed by atoms with Crippen molar-refractivity contribution in [1.29, 1.82) is 0 Å². The Morgan fingerprint density at radius 1 is 1.38 bits per heavy atom. The van der Waals surface area contributed by atoms with Gasteiger partial charge in [-0.15, -0.1) is 0 Å². The van der Waals surface area contributed by atoms with Crippen molar-refractivity contribution in [2.45, 2.75) is 40.2 Å². The third-order valence-corrected chi connectivity index (χ3v) is 2.31. The van der Waals surface area contributed by atoms with E-state index in [2.05, 4.69) is 13.8 Å². The first-order valence-electron chi connectivity index (χ1n) is 4.93.